The molecule has 0 aromatic heterocycles. The van der Waals surface area contributed by atoms with Crippen LogP contribution in [0.3, 0.4) is 0 Å². The molecule has 3 aromatic carbocycles. The molecular formula is C32H38ClN3O5S. The summed E-state index contributed by atoms with van der Waals surface area (Å²) >= 11 is 6.23. The molecule has 1 aliphatic rings. The van der Waals surface area contributed by atoms with E-state index in [-0.39, 0.29) is 36.4 Å². The van der Waals surface area contributed by atoms with Gasteiger partial charge < -0.3 is 15.0 Å². The number of benzene rings is 3. The number of sulfonamides is 1. The van der Waals surface area contributed by atoms with Gasteiger partial charge in [0.05, 0.1) is 19.1 Å². The van der Waals surface area contributed by atoms with Crippen molar-refractivity contribution >= 4 is 39.1 Å². The van der Waals surface area contributed by atoms with Crippen molar-refractivity contribution in [3.63, 3.8) is 0 Å². The maximum atomic E-state index is 14.3. The number of methoxy groups -OCH3 is 1. The van der Waals surface area contributed by atoms with Gasteiger partial charge >= 0.3 is 0 Å². The van der Waals surface area contributed by atoms with Crippen LogP contribution in [0.25, 0.3) is 0 Å². The summed E-state index contributed by atoms with van der Waals surface area (Å²) in [7, 11) is -2.53. The van der Waals surface area contributed by atoms with Gasteiger partial charge in [-0.3, -0.25) is 13.9 Å². The SMILES string of the molecule is COc1ccc(Cl)cc1N(CC(=O)N(Cc1cccc(C)c1)[C@H](Cc1ccccc1)C(=O)NC1CCCC1)S(C)(=O)=O. The molecule has 1 atom stereocenters. The van der Waals surface area contributed by atoms with Crippen LogP contribution in [0.5, 0.6) is 5.75 Å². The molecule has 1 saturated carbocycles. The van der Waals surface area contributed by atoms with Crippen LogP contribution in [0.4, 0.5) is 5.69 Å². The Kier molecular flexibility index (Phi) is 10.5. The third-order valence-corrected chi connectivity index (χ3v) is 8.86. The molecule has 1 fully saturated rings. The standard InChI is InChI=1S/C32H38ClN3O5S/c1-23-10-9-13-25(18-23)21-35(29(19-24-11-5-4-6-12-24)32(38)34-27-14-7-8-15-27)31(37)22-36(42(3,39)40)28-20-26(33)16-17-30(28)41-2/h4-6,9-13,16-18,20,27,29H,7-8,14-15,19,21-22H2,1-3H3,(H,34,38)/t29-/m1/s1. The van der Waals surface area contributed by atoms with Crippen LogP contribution in [0.15, 0.2) is 72.8 Å². The molecule has 4 rings (SSSR count). The minimum absolute atomic E-state index is 0.0509. The van der Waals surface area contributed by atoms with E-state index in [1.54, 1.807) is 12.1 Å². The highest BCUT2D eigenvalue weighted by Crippen LogP contribution is 2.33. The first kappa shape index (κ1) is 31.4. The van der Waals surface area contributed by atoms with Crippen molar-refractivity contribution in [1.29, 1.82) is 0 Å². The highest BCUT2D eigenvalue weighted by molar-refractivity contribution is 7.92. The van der Waals surface area contributed by atoms with Crippen LogP contribution < -0.4 is 14.4 Å². The molecular weight excluding hydrogens is 574 g/mol. The Balaban J connectivity index is 1.76. The summed E-state index contributed by atoms with van der Waals surface area (Å²) in [6, 6.07) is 21.0. The molecule has 42 heavy (non-hydrogen) atoms. The van der Waals surface area contributed by atoms with Gasteiger partial charge in [0.25, 0.3) is 0 Å². The summed E-state index contributed by atoms with van der Waals surface area (Å²) in [5, 5.41) is 3.46. The first-order chi connectivity index (χ1) is 20.0. The summed E-state index contributed by atoms with van der Waals surface area (Å²) in [6.07, 6.45) is 5.18. The molecule has 0 unspecified atom stereocenters. The molecule has 3 aromatic rings. The Morgan fingerprint density at radius 2 is 1.69 bits per heavy atom. The number of hydrogen-bond acceptors (Lipinski definition) is 5. The van der Waals surface area contributed by atoms with Gasteiger partial charge in [-0.1, -0.05) is 84.6 Å². The van der Waals surface area contributed by atoms with E-state index in [9.17, 15) is 18.0 Å². The van der Waals surface area contributed by atoms with Crippen molar-refractivity contribution in [2.45, 2.75) is 57.7 Å². The number of rotatable bonds is 12. The minimum atomic E-state index is -3.95. The van der Waals surface area contributed by atoms with Crippen LogP contribution in [0.1, 0.15) is 42.4 Å². The van der Waals surface area contributed by atoms with Crippen LogP contribution in [-0.4, -0.2) is 57.1 Å². The fourth-order valence-electron chi connectivity index (χ4n) is 5.38. The predicted molar refractivity (Wildman–Crippen MR) is 166 cm³/mol. The van der Waals surface area contributed by atoms with Crippen LogP contribution in [-0.2, 0) is 32.6 Å². The van der Waals surface area contributed by atoms with Gasteiger partial charge in [-0.15, -0.1) is 0 Å². The highest BCUT2D eigenvalue weighted by atomic mass is 35.5. The lowest BCUT2D eigenvalue weighted by Crippen LogP contribution is -2.54. The molecule has 1 aliphatic carbocycles. The van der Waals surface area contributed by atoms with Gasteiger partial charge in [0.1, 0.15) is 18.3 Å². The average molecular weight is 612 g/mol. The average Bonchev–Trinajstić information content (AvgIpc) is 3.46. The van der Waals surface area contributed by atoms with Gasteiger partial charge in [-0.05, 0) is 49.1 Å². The lowest BCUT2D eigenvalue weighted by molar-refractivity contribution is -0.140. The molecule has 0 aliphatic heterocycles. The van der Waals surface area contributed by atoms with Crippen molar-refractivity contribution in [2.75, 3.05) is 24.2 Å². The van der Waals surface area contributed by atoms with E-state index < -0.39 is 28.5 Å². The smallest absolute Gasteiger partial charge is 0.244 e. The maximum absolute atomic E-state index is 14.3. The molecule has 0 bridgehead atoms. The number of amides is 2. The third kappa shape index (κ3) is 8.26. The van der Waals surface area contributed by atoms with Crippen molar-refractivity contribution in [1.82, 2.24) is 10.2 Å². The molecule has 8 nitrogen and oxygen atoms in total. The number of hydrogen-bond donors (Lipinski definition) is 1. The highest BCUT2D eigenvalue weighted by Gasteiger charge is 2.35. The quantitative estimate of drug-likeness (QED) is 0.307. The van der Waals surface area contributed by atoms with E-state index in [1.807, 2.05) is 61.5 Å². The Labute approximate surface area is 253 Å². The van der Waals surface area contributed by atoms with Gasteiger partial charge in [-0.2, -0.15) is 0 Å². The summed E-state index contributed by atoms with van der Waals surface area (Å²) in [6.45, 7) is 1.55. The zero-order chi connectivity index (χ0) is 30.3. The van der Waals surface area contributed by atoms with E-state index in [0.29, 0.717) is 5.02 Å². The molecule has 224 valence electrons. The number of ether oxygens (including phenoxy) is 1. The fourth-order valence-corrected chi connectivity index (χ4v) is 6.39. The maximum Gasteiger partial charge on any atom is 0.244 e. The largest absolute Gasteiger partial charge is 0.495 e. The molecule has 1 N–H and O–H groups in total. The zero-order valence-electron chi connectivity index (χ0n) is 24.3. The fraction of sp³-hybridized carbons (Fsp3) is 0.375. The van der Waals surface area contributed by atoms with E-state index >= 15 is 0 Å². The van der Waals surface area contributed by atoms with Crippen LogP contribution in [0.2, 0.25) is 5.02 Å². The van der Waals surface area contributed by atoms with Crippen LogP contribution >= 0.6 is 11.6 Å². The number of aryl methyl sites for hydroxylation is 1. The normalized spacial score (nSPS) is 14.3. The van der Waals surface area contributed by atoms with Crippen LogP contribution in [0, 0.1) is 6.92 Å². The Morgan fingerprint density at radius 3 is 2.33 bits per heavy atom. The Bertz CT molecular complexity index is 1490. The Hall–Kier alpha value is -3.56. The molecule has 10 heteroatoms. The van der Waals surface area contributed by atoms with E-state index in [4.69, 9.17) is 16.3 Å². The number of carbonyl (C=O) groups excluding carboxylic acids is 2. The van der Waals surface area contributed by atoms with E-state index in [1.165, 1.54) is 18.1 Å². The Morgan fingerprint density at radius 1 is 1.00 bits per heavy atom. The van der Waals surface area contributed by atoms with E-state index in [0.717, 1.165) is 52.9 Å². The number of nitrogens with one attached hydrogen (secondary N) is 1. The van der Waals surface area contributed by atoms with Gasteiger partial charge in [0.15, 0.2) is 0 Å². The molecule has 2 amide bonds. The van der Waals surface area contributed by atoms with E-state index in [2.05, 4.69) is 5.32 Å². The molecule has 0 spiro atoms. The predicted octanol–water partition coefficient (Wildman–Crippen LogP) is 5.12. The van der Waals surface area contributed by atoms with Crippen molar-refractivity contribution in [2.24, 2.45) is 0 Å². The van der Waals surface area contributed by atoms with Crippen molar-refractivity contribution in [3.8, 4) is 5.75 Å². The molecule has 0 heterocycles. The zero-order valence-corrected chi connectivity index (χ0v) is 25.8. The first-order valence-electron chi connectivity index (χ1n) is 14.1. The summed E-state index contributed by atoms with van der Waals surface area (Å²) in [4.78, 5) is 29.7. The summed E-state index contributed by atoms with van der Waals surface area (Å²) in [5.41, 5.74) is 2.88. The number of carbonyl (C=O) groups is 2. The summed E-state index contributed by atoms with van der Waals surface area (Å²) < 4.78 is 32.5. The second kappa shape index (κ2) is 14.1. The van der Waals surface area contributed by atoms with Crippen molar-refractivity contribution < 1.29 is 22.7 Å². The van der Waals surface area contributed by atoms with Gasteiger partial charge in [0, 0.05) is 24.0 Å². The molecule has 0 radical (unpaired) electrons. The minimum Gasteiger partial charge on any atom is -0.495 e. The second-order valence-corrected chi connectivity index (χ2v) is 13.1. The topological polar surface area (TPSA) is 96.0 Å². The third-order valence-electron chi connectivity index (χ3n) is 7.50. The van der Waals surface area contributed by atoms with Crippen molar-refractivity contribution in [3.05, 3.63) is 94.5 Å². The number of anilines is 1. The number of halogens is 1. The molecule has 0 saturated heterocycles. The first-order valence-corrected chi connectivity index (χ1v) is 16.3. The number of nitrogens with zero attached hydrogens (tertiary/aromatic N) is 2. The monoisotopic (exact) mass is 611 g/mol. The van der Waals surface area contributed by atoms with Gasteiger partial charge in [0.2, 0.25) is 21.8 Å². The summed E-state index contributed by atoms with van der Waals surface area (Å²) in [5.74, 6) is -0.521. The van der Waals surface area contributed by atoms with Gasteiger partial charge in [-0.25, -0.2) is 8.42 Å². The lowest BCUT2D eigenvalue weighted by atomic mass is 10.0. The lowest BCUT2D eigenvalue weighted by Gasteiger charge is -2.34. The second-order valence-electron chi connectivity index (χ2n) is 10.8.